The summed E-state index contributed by atoms with van der Waals surface area (Å²) in [4.78, 5) is 42.1. The number of phenolic OH excluding ortho intramolecular Hbond substituents is 1. The second-order valence-corrected chi connectivity index (χ2v) is 11.2. The van der Waals surface area contributed by atoms with E-state index in [-0.39, 0.29) is 24.8 Å². The number of phenols is 1. The summed E-state index contributed by atoms with van der Waals surface area (Å²) in [5, 5.41) is 16.5. The van der Waals surface area contributed by atoms with E-state index < -0.39 is 35.6 Å². The number of aromatic hydroxyl groups is 1. The van der Waals surface area contributed by atoms with Gasteiger partial charge < -0.3 is 25.4 Å². The highest BCUT2D eigenvalue weighted by Gasteiger charge is 2.37. The standard InChI is InChI=1S/C31H45N3O5/c1-7-8-14-19-34(29(37)25(20-22(2)3)33-30(38)39-31(4,5)6)27(24-17-12-13-18-26(24)35)28(36)32-21-23-15-10-9-11-16-23/h9-13,15-18,22,25,27,35H,7-8,14,19-21H2,1-6H3,(H,32,36)(H,33,38). The van der Waals surface area contributed by atoms with Gasteiger partial charge in [0.05, 0.1) is 0 Å². The van der Waals surface area contributed by atoms with Crippen molar-refractivity contribution in [3.8, 4) is 5.75 Å². The Balaban J connectivity index is 2.48. The lowest BCUT2D eigenvalue weighted by molar-refractivity contribution is -0.143. The normalized spacial score (nSPS) is 12.9. The quantitative estimate of drug-likeness (QED) is 0.283. The van der Waals surface area contributed by atoms with Crippen molar-refractivity contribution in [1.29, 1.82) is 0 Å². The molecule has 0 fully saturated rings. The smallest absolute Gasteiger partial charge is 0.408 e. The first-order chi connectivity index (χ1) is 18.4. The van der Waals surface area contributed by atoms with Gasteiger partial charge >= 0.3 is 6.09 Å². The van der Waals surface area contributed by atoms with E-state index in [0.717, 1.165) is 18.4 Å². The Hall–Kier alpha value is -3.55. The highest BCUT2D eigenvalue weighted by atomic mass is 16.6. The average molecular weight is 540 g/mol. The summed E-state index contributed by atoms with van der Waals surface area (Å²) in [6.07, 6.45) is 2.12. The third kappa shape index (κ3) is 10.6. The Morgan fingerprint density at radius 1 is 0.974 bits per heavy atom. The molecule has 39 heavy (non-hydrogen) atoms. The molecule has 0 spiro atoms. The zero-order chi connectivity index (χ0) is 29.0. The lowest BCUT2D eigenvalue weighted by Gasteiger charge is -2.35. The molecule has 2 rings (SSSR count). The maximum atomic E-state index is 14.2. The van der Waals surface area contributed by atoms with Gasteiger partial charge in [-0.1, -0.05) is 82.1 Å². The number of alkyl carbamates (subject to hydrolysis) is 1. The predicted molar refractivity (Wildman–Crippen MR) is 153 cm³/mol. The Bertz CT molecular complexity index is 1070. The van der Waals surface area contributed by atoms with E-state index in [9.17, 15) is 19.5 Å². The zero-order valence-electron chi connectivity index (χ0n) is 24.2. The summed E-state index contributed by atoms with van der Waals surface area (Å²) in [7, 11) is 0. The van der Waals surface area contributed by atoms with Crippen LogP contribution in [0.3, 0.4) is 0 Å². The van der Waals surface area contributed by atoms with E-state index in [0.29, 0.717) is 18.4 Å². The zero-order valence-corrected chi connectivity index (χ0v) is 24.2. The molecule has 0 heterocycles. The van der Waals surface area contributed by atoms with Crippen LogP contribution in [0.2, 0.25) is 0 Å². The molecule has 0 saturated heterocycles. The minimum absolute atomic E-state index is 0.0776. The molecule has 0 aromatic heterocycles. The van der Waals surface area contributed by atoms with Gasteiger partial charge in [0.15, 0.2) is 0 Å². The number of unbranched alkanes of at least 4 members (excludes halogenated alkanes) is 2. The first-order valence-electron chi connectivity index (χ1n) is 13.8. The number of nitrogens with one attached hydrogen (secondary N) is 2. The van der Waals surface area contributed by atoms with Gasteiger partial charge in [0, 0.05) is 18.7 Å². The van der Waals surface area contributed by atoms with E-state index in [2.05, 4.69) is 17.6 Å². The fraction of sp³-hybridized carbons (Fsp3) is 0.516. The molecule has 2 atom stereocenters. The molecule has 214 valence electrons. The van der Waals surface area contributed by atoms with E-state index in [1.165, 1.54) is 11.0 Å². The van der Waals surface area contributed by atoms with E-state index in [1.807, 2.05) is 44.2 Å². The Kier molecular flexibility index (Phi) is 12.3. The van der Waals surface area contributed by atoms with Crippen molar-refractivity contribution in [1.82, 2.24) is 15.5 Å². The van der Waals surface area contributed by atoms with Crippen LogP contribution in [0.4, 0.5) is 4.79 Å². The Morgan fingerprint density at radius 3 is 2.21 bits per heavy atom. The van der Waals surface area contributed by atoms with Gasteiger partial charge in [0.2, 0.25) is 11.8 Å². The molecule has 0 aliphatic carbocycles. The number of nitrogens with zero attached hydrogens (tertiary/aromatic N) is 1. The molecule has 0 radical (unpaired) electrons. The number of carbonyl (C=O) groups is 3. The fourth-order valence-electron chi connectivity index (χ4n) is 4.29. The van der Waals surface area contributed by atoms with Crippen LogP contribution in [0.5, 0.6) is 5.75 Å². The number of para-hydroxylation sites is 1. The molecule has 8 nitrogen and oxygen atoms in total. The number of benzene rings is 2. The van der Waals surface area contributed by atoms with Crippen LogP contribution in [0.15, 0.2) is 54.6 Å². The topological polar surface area (TPSA) is 108 Å². The van der Waals surface area contributed by atoms with Gasteiger partial charge in [-0.05, 0) is 51.2 Å². The molecular formula is C31H45N3O5. The number of hydrogen-bond donors (Lipinski definition) is 3. The fourth-order valence-corrected chi connectivity index (χ4v) is 4.29. The van der Waals surface area contributed by atoms with Gasteiger partial charge in [0.1, 0.15) is 23.4 Å². The Labute approximate surface area is 233 Å². The number of rotatable bonds is 13. The minimum atomic E-state index is -1.09. The van der Waals surface area contributed by atoms with Gasteiger partial charge in [-0.3, -0.25) is 9.59 Å². The van der Waals surface area contributed by atoms with Gasteiger partial charge in [-0.2, -0.15) is 0 Å². The molecule has 0 aliphatic rings. The number of amides is 3. The van der Waals surface area contributed by atoms with Crippen molar-refractivity contribution in [2.75, 3.05) is 6.54 Å². The molecule has 2 aromatic rings. The molecule has 3 N–H and O–H groups in total. The number of carbonyl (C=O) groups excluding carboxylic acids is 3. The van der Waals surface area contributed by atoms with Gasteiger partial charge in [0.25, 0.3) is 0 Å². The van der Waals surface area contributed by atoms with E-state index in [1.54, 1.807) is 39.0 Å². The van der Waals surface area contributed by atoms with Crippen molar-refractivity contribution in [3.63, 3.8) is 0 Å². The molecular weight excluding hydrogens is 494 g/mol. The maximum absolute atomic E-state index is 14.2. The molecule has 2 unspecified atom stereocenters. The SMILES string of the molecule is CCCCCN(C(=O)C(CC(C)C)NC(=O)OC(C)(C)C)C(C(=O)NCc1ccccc1)c1ccccc1O. The molecule has 0 saturated carbocycles. The molecule has 0 aliphatic heterocycles. The monoisotopic (exact) mass is 539 g/mol. The Morgan fingerprint density at radius 2 is 1.62 bits per heavy atom. The highest BCUT2D eigenvalue weighted by molar-refractivity contribution is 5.92. The summed E-state index contributed by atoms with van der Waals surface area (Å²) in [6.45, 7) is 11.8. The van der Waals surface area contributed by atoms with Crippen molar-refractivity contribution in [2.45, 2.75) is 91.5 Å². The summed E-state index contributed by atoms with van der Waals surface area (Å²) in [5.41, 5.74) is 0.509. The summed E-state index contributed by atoms with van der Waals surface area (Å²) in [5.74, 6) is -0.799. The molecule has 8 heteroatoms. The lowest BCUT2D eigenvalue weighted by atomic mass is 9.98. The largest absolute Gasteiger partial charge is 0.508 e. The summed E-state index contributed by atoms with van der Waals surface area (Å²) in [6, 6.07) is 14.1. The molecule has 3 amide bonds. The first-order valence-corrected chi connectivity index (χ1v) is 13.8. The van der Waals surface area contributed by atoms with E-state index in [4.69, 9.17) is 4.74 Å². The van der Waals surface area contributed by atoms with Crippen molar-refractivity contribution >= 4 is 17.9 Å². The summed E-state index contributed by atoms with van der Waals surface area (Å²) >= 11 is 0. The van der Waals surface area contributed by atoms with Crippen molar-refractivity contribution in [3.05, 3.63) is 65.7 Å². The van der Waals surface area contributed by atoms with Crippen LogP contribution in [-0.2, 0) is 20.9 Å². The summed E-state index contributed by atoms with van der Waals surface area (Å²) < 4.78 is 5.44. The lowest BCUT2D eigenvalue weighted by Crippen LogP contribution is -2.53. The first kappa shape index (κ1) is 31.7. The van der Waals surface area contributed by atoms with Crippen LogP contribution in [-0.4, -0.2) is 46.1 Å². The van der Waals surface area contributed by atoms with E-state index >= 15 is 0 Å². The minimum Gasteiger partial charge on any atom is -0.508 e. The second kappa shape index (κ2) is 15.1. The van der Waals surface area contributed by atoms with Crippen LogP contribution >= 0.6 is 0 Å². The van der Waals surface area contributed by atoms with Crippen molar-refractivity contribution < 1.29 is 24.2 Å². The van der Waals surface area contributed by atoms with Gasteiger partial charge in [-0.15, -0.1) is 0 Å². The molecule has 2 aromatic carbocycles. The average Bonchev–Trinajstić information content (AvgIpc) is 2.86. The van der Waals surface area contributed by atoms with Crippen LogP contribution < -0.4 is 10.6 Å². The van der Waals surface area contributed by atoms with Crippen LogP contribution in [0.25, 0.3) is 0 Å². The third-order valence-corrected chi connectivity index (χ3v) is 6.08. The number of hydrogen-bond acceptors (Lipinski definition) is 5. The molecule has 0 bridgehead atoms. The predicted octanol–water partition coefficient (Wildman–Crippen LogP) is 5.71. The maximum Gasteiger partial charge on any atom is 0.408 e. The number of ether oxygens (including phenoxy) is 1. The van der Waals surface area contributed by atoms with Crippen LogP contribution in [0, 0.1) is 5.92 Å². The van der Waals surface area contributed by atoms with Gasteiger partial charge in [-0.25, -0.2) is 4.79 Å². The van der Waals surface area contributed by atoms with Crippen LogP contribution in [0.1, 0.15) is 84.4 Å². The van der Waals surface area contributed by atoms with Crippen molar-refractivity contribution in [2.24, 2.45) is 5.92 Å². The highest BCUT2D eigenvalue weighted by Crippen LogP contribution is 2.30. The second-order valence-electron chi connectivity index (χ2n) is 11.2. The third-order valence-electron chi connectivity index (χ3n) is 6.08.